The van der Waals surface area contributed by atoms with Crippen molar-refractivity contribution in [3.63, 3.8) is 0 Å². The fraction of sp³-hybridized carbons (Fsp3) is 0.400. The van der Waals surface area contributed by atoms with Crippen LogP contribution >= 0.6 is 11.3 Å². The second kappa shape index (κ2) is 8.19. The van der Waals surface area contributed by atoms with Crippen LogP contribution in [0.5, 0.6) is 0 Å². The average Bonchev–Trinajstić information content (AvgIpc) is 3.39. The van der Waals surface area contributed by atoms with Gasteiger partial charge in [0.25, 0.3) is 5.91 Å². The maximum absolute atomic E-state index is 13.5. The Morgan fingerprint density at radius 3 is 2.67 bits per heavy atom. The van der Waals surface area contributed by atoms with E-state index in [9.17, 15) is 14.0 Å². The second-order valence-corrected chi connectivity index (χ2v) is 8.18. The van der Waals surface area contributed by atoms with Crippen LogP contribution in [0.15, 0.2) is 30.3 Å². The quantitative estimate of drug-likeness (QED) is 0.761. The summed E-state index contributed by atoms with van der Waals surface area (Å²) in [5.41, 5.74) is 1.64. The van der Waals surface area contributed by atoms with Gasteiger partial charge in [-0.05, 0) is 63.2 Å². The minimum atomic E-state index is -0.296. The Morgan fingerprint density at radius 1 is 1.30 bits per heavy atom. The van der Waals surface area contributed by atoms with Gasteiger partial charge in [0.1, 0.15) is 5.82 Å². The summed E-state index contributed by atoms with van der Waals surface area (Å²) in [6.07, 6.45) is 1.88. The molecule has 5 nitrogen and oxygen atoms in total. The molecule has 1 heterocycles. The van der Waals surface area contributed by atoms with Gasteiger partial charge < -0.3 is 15.5 Å². The number of hydrogen-bond donors (Lipinski definition) is 2. The molecule has 1 aromatic carbocycles. The summed E-state index contributed by atoms with van der Waals surface area (Å²) in [7, 11) is 3.78. The Hall–Kier alpha value is -2.25. The number of amides is 2. The molecule has 27 heavy (non-hydrogen) atoms. The Kier molecular flexibility index (Phi) is 5.92. The van der Waals surface area contributed by atoms with E-state index in [2.05, 4.69) is 10.6 Å². The molecule has 2 amide bonds. The highest BCUT2D eigenvalue weighted by atomic mass is 32.1. The molecule has 1 aromatic heterocycles. The van der Waals surface area contributed by atoms with E-state index in [0.29, 0.717) is 16.4 Å². The molecule has 0 aliphatic heterocycles. The van der Waals surface area contributed by atoms with Crippen LogP contribution in [0.4, 0.5) is 9.39 Å². The van der Waals surface area contributed by atoms with Gasteiger partial charge in [0.15, 0.2) is 0 Å². The van der Waals surface area contributed by atoms with E-state index in [0.717, 1.165) is 24.0 Å². The lowest BCUT2D eigenvalue weighted by molar-refractivity contribution is -0.117. The topological polar surface area (TPSA) is 61.4 Å². The summed E-state index contributed by atoms with van der Waals surface area (Å²) in [6.45, 7) is 2.21. The standard InChI is InChI=1S/C20H24FN3O2S/c1-12-9-17(23-19(25)13-7-8-13)27-18(12)20(26)22-11-16(24(2)3)14-5-4-6-15(21)10-14/h4-6,9-10,13,16H,7-8,11H2,1-3H3,(H,22,26)(H,23,25)/t16-/m1/s1. The van der Waals surface area contributed by atoms with Crippen molar-refractivity contribution in [2.45, 2.75) is 25.8 Å². The van der Waals surface area contributed by atoms with Gasteiger partial charge in [-0.2, -0.15) is 0 Å². The Balaban J connectivity index is 1.65. The highest BCUT2D eigenvalue weighted by Crippen LogP contribution is 2.32. The lowest BCUT2D eigenvalue weighted by Crippen LogP contribution is -2.34. The van der Waals surface area contributed by atoms with Crippen molar-refractivity contribution in [1.29, 1.82) is 0 Å². The predicted molar refractivity (Wildman–Crippen MR) is 106 cm³/mol. The normalized spacial score (nSPS) is 14.9. The smallest absolute Gasteiger partial charge is 0.261 e. The molecule has 0 bridgehead atoms. The molecule has 2 aromatic rings. The molecule has 1 aliphatic rings. The number of thiophene rings is 1. The molecule has 0 radical (unpaired) electrons. The van der Waals surface area contributed by atoms with E-state index in [1.54, 1.807) is 6.07 Å². The predicted octanol–water partition coefficient (Wildman–Crippen LogP) is 3.58. The molecule has 144 valence electrons. The van der Waals surface area contributed by atoms with Crippen molar-refractivity contribution < 1.29 is 14.0 Å². The number of carbonyl (C=O) groups is 2. The second-order valence-electron chi connectivity index (χ2n) is 7.13. The van der Waals surface area contributed by atoms with Gasteiger partial charge in [-0.15, -0.1) is 11.3 Å². The van der Waals surface area contributed by atoms with Gasteiger partial charge in [0, 0.05) is 12.5 Å². The van der Waals surface area contributed by atoms with E-state index >= 15 is 0 Å². The lowest BCUT2D eigenvalue weighted by atomic mass is 10.1. The van der Waals surface area contributed by atoms with Gasteiger partial charge in [0.2, 0.25) is 5.91 Å². The number of nitrogens with one attached hydrogen (secondary N) is 2. The zero-order chi connectivity index (χ0) is 19.6. The minimum absolute atomic E-state index is 0.0296. The van der Waals surface area contributed by atoms with Crippen LogP contribution in [0.25, 0.3) is 0 Å². The third-order valence-corrected chi connectivity index (χ3v) is 5.78. The van der Waals surface area contributed by atoms with Gasteiger partial charge in [0.05, 0.1) is 15.9 Å². The first-order valence-electron chi connectivity index (χ1n) is 8.96. The molecule has 3 rings (SSSR count). The number of likely N-dealkylation sites (N-methyl/N-ethyl adjacent to an activating group) is 1. The third-order valence-electron chi connectivity index (χ3n) is 4.63. The van der Waals surface area contributed by atoms with Crippen molar-refractivity contribution in [1.82, 2.24) is 10.2 Å². The van der Waals surface area contributed by atoms with Crippen LogP contribution in [0.2, 0.25) is 0 Å². The Morgan fingerprint density at radius 2 is 2.04 bits per heavy atom. The summed E-state index contributed by atoms with van der Waals surface area (Å²) in [5, 5.41) is 6.52. The van der Waals surface area contributed by atoms with Crippen LogP contribution in [0, 0.1) is 18.7 Å². The van der Waals surface area contributed by atoms with Gasteiger partial charge in [-0.3, -0.25) is 9.59 Å². The third kappa shape index (κ3) is 4.93. The van der Waals surface area contributed by atoms with Crippen LogP contribution in [-0.2, 0) is 4.79 Å². The van der Waals surface area contributed by atoms with E-state index in [-0.39, 0.29) is 29.6 Å². The summed E-state index contributed by atoms with van der Waals surface area (Å²) in [4.78, 5) is 27.1. The molecule has 1 aliphatic carbocycles. The first-order chi connectivity index (χ1) is 12.8. The van der Waals surface area contributed by atoms with Crippen LogP contribution in [-0.4, -0.2) is 37.4 Å². The zero-order valence-corrected chi connectivity index (χ0v) is 16.5. The van der Waals surface area contributed by atoms with E-state index < -0.39 is 0 Å². The fourth-order valence-corrected chi connectivity index (χ4v) is 3.91. The number of halogens is 1. The number of aryl methyl sites for hydroxylation is 1. The summed E-state index contributed by atoms with van der Waals surface area (Å²) >= 11 is 1.28. The minimum Gasteiger partial charge on any atom is -0.349 e. The maximum atomic E-state index is 13.5. The van der Waals surface area contributed by atoms with Crippen molar-refractivity contribution in [2.75, 3.05) is 26.0 Å². The Labute approximate surface area is 162 Å². The van der Waals surface area contributed by atoms with Crippen molar-refractivity contribution in [3.05, 3.63) is 52.2 Å². The molecular weight excluding hydrogens is 365 g/mol. The van der Waals surface area contributed by atoms with E-state index in [4.69, 9.17) is 0 Å². The van der Waals surface area contributed by atoms with Crippen LogP contribution in [0.1, 0.15) is 39.7 Å². The van der Waals surface area contributed by atoms with Crippen molar-refractivity contribution >= 4 is 28.2 Å². The van der Waals surface area contributed by atoms with E-state index in [1.807, 2.05) is 38.1 Å². The molecular formula is C20H24FN3O2S. The van der Waals surface area contributed by atoms with Crippen molar-refractivity contribution in [2.24, 2.45) is 5.92 Å². The fourth-order valence-electron chi connectivity index (χ4n) is 2.92. The summed E-state index contributed by atoms with van der Waals surface area (Å²) < 4.78 is 13.5. The molecule has 1 fully saturated rings. The van der Waals surface area contributed by atoms with Gasteiger partial charge in [-0.1, -0.05) is 12.1 Å². The monoisotopic (exact) mass is 389 g/mol. The average molecular weight is 389 g/mol. The lowest BCUT2D eigenvalue weighted by Gasteiger charge is -2.25. The van der Waals surface area contributed by atoms with Crippen LogP contribution < -0.4 is 10.6 Å². The maximum Gasteiger partial charge on any atom is 0.261 e. The molecule has 1 atom stereocenters. The molecule has 1 saturated carbocycles. The number of nitrogens with zero attached hydrogens (tertiary/aromatic N) is 1. The SMILES string of the molecule is Cc1cc(NC(=O)C2CC2)sc1C(=O)NC[C@H](c1cccc(F)c1)N(C)C. The molecule has 2 N–H and O–H groups in total. The number of rotatable bonds is 7. The number of carbonyl (C=O) groups excluding carboxylic acids is 2. The highest BCUT2D eigenvalue weighted by Gasteiger charge is 2.30. The first kappa shape index (κ1) is 19.5. The number of hydrogen-bond acceptors (Lipinski definition) is 4. The number of benzene rings is 1. The van der Waals surface area contributed by atoms with E-state index in [1.165, 1.54) is 23.5 Å². The van der Waals surface area contributed by atoms with Crippen LogP contribution in [0.3, 0.4) is 0 Å². The summed E-state index contributed by atoms with van der Waals surface area (Å²) in [6, 6.07) is 8.10. The Bertz CT molecular complexity index is 846. The highest BCUT2D eigenvalue weighted by molar-refractivity contribution is 7.18. The summed E-state index contributed by atoms with van der Waals surface area (Å²) in [5.74, 6) is -0.331. The first-order valence-corrected chi connectivity index (χ1v) is 9.78. The molecule has 7 heteroatoms. The zero-order valence-electron chi connectivity index (χ0n) is 15.7. The van der Waals surface area contributed by atoms with Gasteiger partial charge in [-0.25, -0.2) is 4.39 Å². The molecule has 0 spiro atoms. The van der Waals surface area contributed by atoms with Crippen molar-refractivity contribution in [3.8, 4) is 0 Å². The molecule has 0 unspecified atom stereocenters. The largest absolute Gasteiger partial charge is 0.349 e. The van der Waals surface area contributed by atoms with Gasteiger partial charge >= 0.3 is 0 Å². The number of anilines is 1. The molecule has 0 saturated heterocycles.